The summed E-state index contributed by atoms with van der Waals surface area (Å²) in [6, 6.07) is 15.2. The molecule has 4 rings (SSSR count). The molecule has 32 heavy (non-hydrogen) atoms. The number of nitrogens with zero attached hydrogens (tertiary/aromatic N) is 3. The van der Waals surface area contributed by atoms with Crippen LogP contribution >= 0.6 is 11.6 Å². The number of carbonyl (C=O) groups excluding carboxylic acids is 1. The van der Waals surface area contributed by atoms with E-state index in [4.69, 9.17) is 27.3 Å². The Morgan fingerprint density at radius 3 is 2.44 bits per heavy atom. The van der Waals surface area contributed by atoms with E-state index >= 15 is 0 Å². The number of rotatable bonds is 9. The molecule has 0 spiro atoms. The Labute approximate surface area is 192 Å². The van der Waals surface area contributed by atoms with Crippen LogP contribution in [0.5, 0.6) is 0 Å². The van der Waals surface area contributed by atoms with Gasteiger partial charge < -0.3 is 15.6 Å². The summed E-state index contributed by atoms with van der Waals surface area (Å²) < 4.78 is 1.83. The molecular weight excluding hydrogens is 422 g/mol. The number of unbranched alkanes of at least 4 members (excludes halogenated alkanes) is 4. The lowest BCUT2D eigenvalue weighted by molar-refractivity contribution is 0.0955. The number of fused-ring (bicyclic) bond motifs is 2. The van der Waals surface area contributed by atoms with Crippen LogP contribution in [0.4, 0.5) is 5.82 Å². The number of hydrogen-bond acceptors (Lipinski definition) is 4. The number of carbonyl (C=O) groups is 1. The van der Waals surface area contributed by atoms with Gasteiger partial charge in [-0.2, -0.15) is 0 Å². The van der Waals surface area contributed by atoms with Gasteiger partial charge in [-0.3, -0.25) is 4.79 Å². The van der Waals surface area contributed by atoms with Crippen molar-refractivity contribution in [2.45, 2.75) is 45.6 Å². The molecule has 0 aliphatic carbocycles. The summed E-state index contributed by atoms with van der Waals surface area (Å²) in [5.41, 5.74) is 10.4. The van der Waals surface area contributed by atoms with Crippen molar-refractivity contribution >= 4 is 45.5 Å². The van der Waals surface area contributed by atoms with Crippen molar-refractivity contribution in [2.75, 3.05) is 12.3 Å². The van der Waals surface area contributed by atoms with Crippen molar-refractivity contribution in [3.05, 3.63) is 64.7 Å². The lowest BCUT2D eigenvalue weighted by Gasteiger charge is -2.10. The zero-order valence-corrected chi connectivity index (χ0v) is 19.0. The molecule has 0 aliphatic heterocycles. The molecule has 166 valence electrons. The molecule has 6 nitrogen and oxygen atoms in total. The van der Waals surface area contributed by atoms with Gasteiger partial charge in [-0.25, -0.2) is 9.97 Å². The predicted octanol–water partition coefficient (Wildman–Crippen LogP) is 5.57. The zero-order chi connectivity index (χ0) is 22.5. The van der Waals surface area contributed by atoms with Gasteiger partial charge in [0.2, 0.25) is 0 Å². The van der Waals surface area contributed by atoms with Crippen molar-refractivity contribution in [3.63, 3.8) is 0 Å². The van der Waals surface area contributed by atoms with Gasteiger partial charge in [0.05, 0.1) is 17.6 Å². The van der Waals surface area contributed by atoms with Crippen LogP contribution in [0.25, 0.3) is 22.2 Å². The van der Waals surface area contributed by atoms with Crippen molar-refractivity contribution in [1.82, 2.24) is 19.9 Å². The number of nitrogens with one attached hydrogen (secondary N) is 1. The number of amides is 1. The monoisotopic (exact) mass is 449 g/mol. The fourth-order valence-corrected chi connectivity index (χ4v) is 4.11. The summed E-state index contributed by atoms with van der Waals surface area (Å²) >= 11 is 6.39. The number of hydrogen-bond donors (Lipinski definition) is 2. The number of anilines is 1. The molecule has 0 radical (unpaired) electrons. The first-order valence-electron chi connectivity index (χ1n) is 11.2. The summed E-state index contributed by atoms with van der Waals surface area (Å²) in [6.07, 6.45) is 5.64. The molecule has 0 saturated heterocycles. The minimum absolute atomic E-state index is 0.217. The Kier molecular flexibility index (Phi) is 6.90. The van der Waals surface area contributed by atoms with Gasteiger partial charge in [0.1, 0.15) is 16.9 Å². The minimum atomic E-state index is -0.217. The van der Waals surface area contributed by atoms with E-state index in [-0.39, 0.29) is 5.91 Å². The molecule has 0 bridgehead atoms. The first kappa shape index (κ1) is 22.1. The summed E-state index contributed by atoms with van der Waals surface area (Å²) in [4.78, 5) is 22.7. The SMILES string of the molecule is CCCCCCCNC(=O)c1c(N)n(Cc2ccccc2Cl)c2nc3ccccc3nc12. The molecule has 7 heteroatoms. The molecule has 0 aliphatic rings. The molecular formula is C25H28ClN5O. The molecule has 2 aromatic heterocycles. The number of nitrogens with two attached hydrogens (primary N) is 1. The highest BCUT2D eigenvalue weighted by atomic mass is 35.5. The molecule has 4 aromatic rings. The molecule has 2 heterocycles. The number of aromatic nitrogens is 3. The van der Waals surface area contributed by atoms with Crippen molar-refractivity contribution < 1.29 is 4.79 Å². The minimum Gasteiger partial charge on any atom is -0.384 e. The summed E-state index contributed by atoms with van der Waals surface area (Å²) in [5.74, 6) is 0.129. The highest BCUT2D eigenvalue weighted by Crippen LogP contribution is 2.29. The average molecular weight is 450 g/mol. The van der Waals surface area contributed by atoms with Crippen LogP contribution in [-0.4, -0.2) is 27.0 Å². The van der Waals surface area contributed by atoms with E-state index in [2.05, 4.69) is 12.2 Å². The van der Waals surface area contributed by atoms with Crippen molar-refractivity contribution in [3.8, 4) is 0 Å². The maximum atomic E-state index is 13.1. The Balaban J connectivity index is 1.71. The standard InChI is InChI=1S/C25H28ClN5O/c1-2-3-4-5-10-15-28-25(32)21-22-24(30-20-14-9-8-13-19(20)29-22)31(23(21)27)16-17-11-6-7-12-18(17)26/h6-9,11-14H,2-5,10,15-16,27H2,1H3,(H,28,32). The van der Waals surface area contributed by atoms with Crippen LogP contribution in [0, 0.1) is 0 Å². The van der Waals surface area contributed by atoms with Gasteiger partial charge in [0.25, 0.3) is 5.91 Å². The topological polar surface area (TPSA) is 85.8 Å². The molecule has 0 atom stereocenters. The number of benzene rings is 2. The number of para-hydroxylation sites is 2. The average Bonchev–Trinajstić information content (AvgIpc) is 3.06. The third kappa shape index (κ3) is 4.55. The molecule has 0 fully saturated rings. The zero-order valence-electron chi connectivity index (χ0n) is 18.3. The molecule has 0 unspecified atom stereocenters. The van der Waals surface area contributed by atoms with Gasteiger partial charge in [0, 0.05) is 11.6 Å². The Hall–Kier alpha value is -3.12. The Morgan fingerprint density at radius 2 is 1.69 bits per heavy atom. The third-order valence-electron chi connectivity index (χ3n) is 5.67. The number of nitrogen functional groups attached to an aromatic ring is 1. The summed E-state index contributed by atoms with van der Waals surface area (Å²) in [7, 11) is 0. The van der Waals surface area contributed by atoms with Crippen LogP contribution in [-0.2, 0) is 6.54 Å². The van der Waals surface area contributed by atoms with Gasteiger partial charge in [0.15, 0.2) is 5.65 Å². The maximum Gasteiger partial charge on any atom is 0.257 e. The summed E-state index contributed by atoms with van der Waals surface area (Å²) in [6.45, 7) is 3.20. The van der Waals surface area contributed by atoms with Crippen LogP contribution in [0.1, 0.15) is 54.9 Å². The normalized spacial score (nSPS) is 11.3. The van der Waals surface area contributed by atoms with Gasteiger partial charge in [-0.05, 0) is 30.2 Å². The quantitative estimate of drug-likeness (QED) is 0.327. The molecule has 1 amide bonds. The second kappa shape index (κ2) is 10.0. The van der Waals surface area contributed by atoms with E-state index in [1.54, 1.807) is 0 Å². The van der Waals surface area contributed by atoms with E-state index in [9.17, 15) is 4.79 Å². The van der Waals surface area contributed by atoms with Crippen LogP contribution in [0.3, 0.4) is 0 Å². The largest absolute Gasteiger partial charge is 0.384 e. The molecule has 2 aromatic carbocycles. The van der Waals surface area contributed by atoms with E-state index in [0.717, 1.165) is 29.4 Å². The highest BCUT2D eigenvalue weighted by molar-refractivity contribution is 6.31. The lowest BCUT2D eigenvalue weighted by atomic mass is 10.1. The fourth-order valence-electron chi connectivity index (χ4n) is 3.92. The maximum absolute atomic E-state index is 13.1. The van der Waals surface area contributed by atoms with E-state index in [0.29, 0.717) is 40.7 Å². The fraction of sp³-hybridized carbons (Fsp3) is 0.320. The van der Waals surface area contributed by atoms with Crippen LogP contribution < -0.4 is 11.1 Å². The van der Waals surface area contributed by atoms with Crippen molar-refractivity contribution in [2.24, 2.45) is 0 Å². The summed E-state index contributed by atoms with van der Waals surface area (Å²) in [5, 5.41) is 3.66. The first-order chi connectivity index (χ1) is 15.6. The highest BCUT2D eigenvalue weighted by Gasteiger charge is 2.24. The lowest BCUT2D eigenvalue weighted by Crippen LogP contribution is -2.25. The van der Waals surface area contributed by atoms with Gasteiger partial charge in [-0.1, -0.05) is 74.5 Å². The van der Waals surface area contributed by atoms with Gasteiger partial charge in [-0.15, -0.1) is 0 Å². The second-order valence-corrected chi connectivity index (χ2v) is 8.40. The van der Waals surface area contributed by atoms with E-state index in [1.807, 2.05) is 53.1 Å². The van der Waals surface area contributed by atoms with E-state index in [1.165, 1.54) is 19.3 Å². The van der Waals surface area contributed by atoms with E-state index < -0.39 is 0 Å². The first-order valence-corrected chi connectivity index (χ1v) is 11.5. The van der Waals surface area contributed by atoms with Gasteiger partial charge >= 0.3 is 0 Å². The Bertz CT molecular complexity index is 1250. The molecule has 3 N–H and O–H groups in total. The van der Waals surface area contributed by atoms with Crippen LogP contribution in [0.15, 0.2) is 48.5 Å². The smallest absolute Gasteiger partial charge is 0.257 e. The third-order valence-corrected chi connectivity index (χ3v) is 6.04. The molecule has 0 saturated carbocycles. The second-order valence-electron chi connectivity index (χ2n) is 7.99. The van der Waals surface area contributed by atoms with Crippen LogP contribution in [0.2, 0.25) is 5.02 Å². The number of halogens is 1. The van der Waals surface area contributed by atoms with Crippen molar-refractivity contribution in [1.29, 1.82) is 0 Å². The Morgan fingerprint density at radius 1 is 1.00 bits per heavy atom. The predicted molar refractivity (Wildman–Crippen MR) is 131 cm³/mol.